The Morgan fingerprint density at radius 3 is 2.74 bits per heavy atom. The molecular formula is C15H18N2O2. The van der Waals surface area contributed by atoms with Gasteiger partial charge < -0.3 is 9.64 Å². The quantitative estimate of drug-likeness (QED) is 0.736. The molecule has 1 aromatic rings. The summed E-state index contributed by atoms with van der Waals surface area (Å²) in [4.78, 5) is 13.6. The Bertz CT molecular complexity index is 503. The maximum Gasteiger partial charge on any atom is 0.260 e. The zero-order valence-electron chi connectivity index (χ0n) is 11.3. The molecule has 0 fully saturated rings. The molecule has 0 saturated carbocycles. The van der Waals surface area contributed by atoms with E-state index in [1.54, 1.807) is 29.2 Å². The van der Waals surface area contributed by atoms with Gasteiger partial charge in [-0.05, 0) is 26.0 Å². The first-order valence-electron chi connectivity index (χ1n) is 6.12. The fourth-order valence-electron chi connectivity index (χ4n) is 1.62. The summed E-state index contributed by atoms with van der Waals surface area (Å²) in [5, 5.41) is 8.92. The van der Waals surface area contributed by atoms with Crippen LogP contribution in [0.4, 0.5) is 0 Å². The van der Waals surface area contributed by atoms with E-state index in [0.717, 1.165) is 5.57 Å². The first-order chi connectivity index (χ1) is 9.08. The molecule has 0 aliphatic rings. The summed E-state index contributed by atoms with van der Waals surface area (Å²) in [6.07, 6.45) is 0. The van der Waals surface area contributed by atoms with Gasteiger partial charge in [-0.3, -0.25) is 4.79 Å². The van der Waals surface area contributed by atoms with Gasteiger partial charge in [0.15, 0.2) is 6.61 Å². The van der Waals surface area contributed by atoms with Crippen LogP contribution < -0.4 is 4.74 Å². The monoisotopic (exact) mass is 258 g/mol. The first-order valence-corrected chi connectivity index (χ1v) is 6.12. The summed E-state index contributed by atoms with van der Waals surface area (Å²) < 4.78 is 5.41. The fraction of sp³-hybridized carbons (Fsp3) is 0.333. The van der Waals surface area contributed by atoms with Gasteiger partial charge in [-0.1, -0.05) is 24.3 Å². The van der Waals surface area contributed by atoms with Crippen LogP contribution in [0.2, 0.25) is 0 Å². The van der Waals surface area contributed by atoms with Gasteiger partial charge >= 0.3 is 0 Å². The number of hydrogen-bond acceptors (Lipinski definition) is 3. The third kappa shape index (κ3) is 4.47. The van der Waals surface area contributed by atoms with Gasteiger partial charge in [0.2, 0.25) is 0 Å². The average Bonchev–Trinajstić information content (AvgIpc) is 2.42. The summed E-state index contributed by atoms with van der Waals surface area (Å²) in [6, 6.07) is 8.90. The summed E-state index contributed by atoms with van der Waals surface area (Å²) in [7, 11) is 0. The summed E-state index contributed by atoms with van der Waals surface area (Å²) in [5.74, 6) is 0.322. The van der Waals surface area contributed by atoms with E-state index in [1.807, 2.05) is 19.9 Å². The lowest BCUT2D eigenvalue weighted by Crippen LogP contribution is -2.35. The highest BCUT2D eigenvalue weighted by molar-refractivity contribution is 5.78. The van der Waals surface area contributed by atoms with Crippen molar-refractivity contribution >= 4 is 5.91 Å². The van der Waals surface area contributed by atoms with Crippen LogP contribution in [-0.2, 0) is 4.79 Å². The van der Waals surface area contributed by atoms with Crippen molar-refractivity contribution in [2.75, 3.05) is 19.7 Å². The van der Waals surface area contributed by atoms with Gasteiger partial charge in [-0.25, -0.2) is 0 Å². The number of rotatable bonds is 6. The molecule has 19 heavy (non-hydrogen) atoms. The zero-order chi connectivity index (χ0) is 14.3. The van der Waals surface area contributed by atoms with Crippen LogP contribution in [0.25, 0.3) is 0 Å². The number of benzene rings is 1. The third-order valence-electron chi connectivity index (χ3n) is 2.55. The topological polar surface area (TPSA) is 53.3 Å². The van der Waals surface area contributed by atoms with Crippen LogP contribution in [0.15, 0.2) is 36.4 Å². The van der Waals surface area contributed by atoms with Crippen molar-refractivity contribution in [1.82, 2.24) is 4.90 Å². The van der Waals surface area contributed by atoms with Gasteiger partial charge in [0.25, 0.3) is 5.91 Å². The van der Waals surface area contributed by atoms with E-state index < -0.39 is 0 Å². The molecule has 1 aromatic carbocycles. The number of nitrogens with zero attached hydrogens (tertiary/aromatic N) is 2. The van der Waals surface area contributed by atoms with Gasteiger partial charge in [0.05, 0.1) is 5.56 Å². The van der Waals surface area contributed by atoms with Crippen molar-refractivity contribution in [1.29, 1.82) is 5.26 Å². The zero-order valence-corrected chi connectivity index (χ0v) is 11.3. The molecule has 0 aliphatic heterocycles. The highest BCUT2D eigenvalue weighted by Crippen LogP contribution is 2.16. The van der Waals surface area contributed by atoms with Crippen LogP contribution in [0.1, 0.15) is 19.4 Å². The lowest BCUT2D eigenvalue weighted by molar-refractivity contribution is -0.132. The van der Waals surface area contributed by atoms with E-state index in [2.05, 4.69) is 6.58 Å². The predicted molar refractivity (Wildman–Crippen MR) is 73.7 cm³/mol. The first kappa shape index (κ1) is 14.8. The molecule has 0 radical (unpaired) electrons. The molecule has 0 unspecified atom stereocenters. The van der Waals surface area contributed by atoms with Crippen molar-refractivity contribution in [3.63, 3.8) is 0 Å². The Balaban J connectivity index is 2.63. The van der Waals surface area contributed by atoms with Gasteiger partial charge in [-0.15, -0.1) is 0 Å². The Hall–Kier alpha value is -2.28. The second-order valence-electron chi connectivity index (χ2n) is 4.26. The standard InChI is InChI=1S/C15H18N2O2/c1-4-17(10-12(2)3)15(18)11-19-14-8-6-5-7-13(14)9-16/h5-8H,2,4,10-11H2,1,3H3. The summed E-state index contributed by atoms with van der Waals surface area (Å²) in [6.45, 7) is 8.64. The third-order valence-corrected chi connectivity index (χ3v) is 2.55. The van der Waals surface area contributed by atoms with Gasteiger partial charge in [0, 0.05) is 13.1 Å². The summed E-state index contributed by atoms with van der Waals surface area (Å²) in [5.41, 5.74) is 1.35. The molecular weight excluding hydrogens is 240 g/mol. The number of amides is 1. The second kappa shape index (κ2) is 7.22. The number of likely N-dealkylation sites (N-methyl/N-ethyl adjacent to an activating group) is 1. The highest BCUT2D eigenvalue weighted by Gasteiger charge is 2.13. The smallest absolute Gasteiger partial charge is 0.260 e. The molecule has 4 nitrogen and oxygen atoms in total. The Labute approximate surface area is 113 Å². The summed E-state index contributed by atoms with van der Waals surface area (Å²) >= 11 is 0. The number of hydrogen-bond donors (Lipinski definition) is 0. The minimum atomic E-state index is -0.113. The molecule has 0 heterocycles. The molecule has 1 amide bonds. The largest absolute Gasteiger partial charge is 0.482 e. The number of nitriles is 1. The van der Waals surface area contributed by atoms with E-state index in [4.69, 9.17) is 10.00 Å². The van der Waals surface area contributed by atoms with E-state index in [1.165, 1.54) is 0 Å². The van der Waals surface area contributed by atoms with Crippen LogP contribution in [0.5, 0.6) is 5.75 Å². The molecule has 100 valence electrons. The lowest BCUT2D eigenvalue weighted by Gasteiger charge is -2.21. The van der Waals surface area contributed by atoms with Crippen molar-refractivity contribution in [2.24, 2.45) is 0 Å². The van der Waals surface area contributed by atoms with Crippen LogP contribution in [-0.4, -0.2) is 30.5 Å². The molecule has 4 heteroatoms. The highest BCUT2D eigenvalue weighted by atomic mass is 16.5. The van der Waals surface area contributed by atoms with Crippen LogP contribution in [0, 0.1) is 11.3 Å². The molecule has 0 spiro atoms. The number of para-hydroxylation sites is 1. The Morgan fingerprint density at radius 1 is 1.47 bits per heavy atom. The molecule has 0 bridgehead atoms. The lowest BCUT2D eigenvalue weighted by atomic mass is 10.2. The van der Waals surface area contributed by atoms with Crippen LogP contribution in [0.3, 0.4) is 0 Å². The van der Waals surface area contributed by atoms with Crippen molar-refractivity contribution in [2.45, 2.75) is 13.8 Å². The fourth-order valence-corrected chi connectivity index (χ4v) is 1.62. The maximum absolute atomic E-state index is 12.0. The van der Waals surface area contributed by atoms with Gasteiger partial charge in [0.1, 0.15) is 11.8 Å². The van der Waals surface area contributed by atoms with Crippen LogP contribution >= 0.6 is 0 Å². The van der Waals surface area contributed by atoms with E-state index in [0.29, 0.717) is 24.4 Å². The number of ether oxygens (including phenoxy) is 1. The molecule has 1 rings (SSSR count). The molecule has 0 saturated heterocycles. The second-order valence-corrected chi connectivity index (χ2v) is 4.26. The van der Waals surface area contributed by atoms with Crippen molar-refractivity contribution in [3.05, 3.63) is 42.0 Å². The average molecular weight is 258 g/mol. The minimum Gasteiger partial charge on any atom is -0.482 e. The predicted octanol–water partition coefficient (Wildman–Crippen LogP) is 2.36. The van der Waals surface area contributed by atoms with E-state index >= 15 is 0 Å². The molecule has 0 N–H and O–H groups in total. The number of carbonyl (C=O) groups is 1. The normalized spacial score (nSPS) is 9.53. The maximum atomic E-state index is 12.0. The Morgan fingerprint density at radius 2 is 2.16 bits per heavy atom. The molecule has 0 atom stereocenters. The van der Waals surface area contributed by atoms with Crippen molar-refractivity contribution in [3.8, 4) is 11.8 Å². The Kier molecular flexibility index (Phi) is 5.62. The SMILES string of the molecule is C=C(C)CN(CC)C(=O)COc1ccccc1C#N. The minimum absolute atomic E-state index is 0.0696. The van der Waals surface area contributed by atoms with E-state index in [-0.39, 0.29) is 12.5 Å². The van der Waals surface area contributed by atoms with Crippen molar-refractivity contribution < 1.29 is 9.53 Å². The number of carbonyl (C=O) groups excluding carboxylic acids is 1. The van der Waals surface area contributed by atoms with Gasteiger partial charge in [-0.2, -0.15) is 5.26 Å². The molecule has 0 aromatic heterocycles. The molecule has 0 aliphatic carbocycles. The van der Waals surface area contributed by atoms with E-state index in [9.17, 15) is 4.79 Å².